The molecule has 1 aromatic carbocycles. The van der Waals surface area contributed by atoms with E-state index in [0.29, 0.717) is 5.75 Å². The SMILES string of the molecule is CCC(c1ccc(OC#N)cc1)[Si](Cl)(Cl)Cl. The van der Waals surface area contributed by atoms with Gasteiger partial charge in [0.2, 0.25) is 0 Å². The smallest absolute Gasteiger partial charge is 0.348 e. The van der Waals surface area contributed by atoms with Gasteiger partial charge in [-0.15, -0.1) is 38.5 Å². The van der Waals surface area contributed by atoms with E-state index in [1.807, 2.05) is 19.1 Å². The average Bonchev–Trinajstić information content (AvgIpc) is 2.20. The van der Waals surface area contributed by atoms with Crippen LogP contribution in [-0.2, 0) is 0 Å². The number of ether oxygens (including phenoxy) is 1. The predicted molar refractivity (Wildman–Crippen MR) is 69.0 cm³/mol. The standard InChI is InChI=1S/C10H10Cl3NOSi/c1-2-10(16(11,12)13)8-3-5-9(6-4-8)15-7-14/h3-6,10H,2H2,1H3. The van der Waals surface area contributed by atoms with Gasteiger partial charge in [0.15, 0.2) is 0 Å². The summed E-state index contributed by atoms with van der Waals surface area (Å²) in [7, 11) is 0. The van der Waals surface area contributed by atoms with Gasteiger partial charge >= 0.3 is 6.00 Å². The second kappa shape index (κ2) is 5.79. The van der Waals surface area contributed by atoms with Crippen LogP contribution < -0.4 is 4.74 Å². The molecule has 86 valence electrons. The predicted octanol–water partition coefficient (Wildman–Crippen LogP) is 4.23. The van der Waals surface area contributed by atoms with Crippen molar-refractivity contribution >= 4 is 39.2 Å². The van der Waals surface area contributed by atoms with Crippen LogP contribution in [0, 0.1) is 11.5 Å². The van der Waals surface area contributed by atoms with Crippen molar-refractivity contribution in [2.75, 3.05) is 0 Å². The molecule has 0 bridgehead atoms. The molecular formula is C10H10Cl3NOSi. The van der Waals surface area contributed by atoms with Crippen molar-refractivity contribution in [1.82, 2.24) is 0 Å². The highest BCUT2D eigenvalue weighted by molar-refractivity contribution is 7.65. The maximum Gasteiger partial charge on any atom is 0.348 e. The van der Waals surface area contributed by atoms with Gasteiger partial charge in [0.05, 0.1) is 0 Å². The zero-order valence-corrected chi connectivity index (χ0v) is 11.9. The van der Waals surface area contributed by atoms with Crippen LogP contribution in [0.1, 0.15) is 24.4 Å². The van der Waals surface area contributed by atoms with E-state index in [2.05, 4.69) is 4.74 Å². The molecule has 0 radical (unpaired) electrons. The molecule has 0 saturated heterocycles. The van der Waals surface area contributed by atoms with Gasteiger partial charge in [-0.1, -0.05) is 19.1 Å². The van der Waals surface area contributed by atoms with Crippen LogP contribution in [0.2, 0.25) is 0 Å². The zero-order valence-electron chi connectivity index (χ0n) is 8.58. The van der Waals surface area contributed by atoms with Crippen LogP contribution in [0.4, 0.5) is 0 Å². The minimum Gasteiger partial charge on any atom is -0.388 e. The molecule has 0 saturated carbocycles. The maximum absolute atomic E-state index is 8.34. The topological polar surface area (TPSA) is 33.0 Å². The second-order valence-electron chi connectivity index (χ2n) is 3.26. The van der Waals surface area contributed by atoms with Crippen molar-refractivity contribution in [2.45, 2.75) is 18.9 Å². The lowest BCUT2D eigenvalue weighted by atomic mass is 10.1. The summed E-state index contributed by atoms with van der Waals surface area (Å²) in [5.74, 6) is 0.493. The zero-order chi connectivity index (χ0) is 12.2. The Hall–Kier alpha value is -0.403. The molecule has 6 heteroatoms. The van der Waals surface area contributed by atoms with E-state index in [0.717, 1.165) is 12.0 Å². The second-order valence-corrected chi connectivity index (χ2v) is 12.2. The summed E-state index contributed by atoms with van der Waals surface area (Å²) in [6.07, 6.45) is 2.39. The van der Waals surface area contributed by atoms with E-state index in [1.54, 1.807) is 18.4 Å². The molecule has 0 spiro atoms. The molecule has 0 aliphatic carbocycles. The Labute approximate surface area is 110 Å². The lowest BCUT2D eigenvalue weighted by Crippen LogP contribution is -2.22. The van der Waals surface area contributed by atoms with Crippen LogP contribution in [0.3, 0.4) is 0 Å². The molecule has 1 aromatic rings. The van der Waals surface area contributed by atoms with Crippen LogP contribution >= 0.6 is 33.2 Å². The molecule has 1 unspecified atom stereocenters. The van der Waals surface area contributed by atoms with E-state index in [9.17, 15) is 0 Å². The van der Waals surface area contributed by atoms with Crippen LogP contribution in [0.5, 0.6) is 5.75 Å². The monoisotopic (exact) mass is 293 g/mol. The van der Waals surface area contributed by atoms with Gasteiger partial charge in [0.1, 0.15) is 5.75 Å². The number of halogens is 3. The first-order valence-corrected chi connectivity index (χ1v) is 9.83. The van der Waals surface area contributed by atoms with Crippen molar-refractivity contribution < 1.29 is 4.74 Å². The molecule has 0 heterocycles. The highest BCUT2D eigenvalue weighted by atomic mass is 35.8. The number of nitriles is 1. The molecule has 2 nitrogen and oxygen atoms in total. The van der Waals surface area contributed by atoms with Crippen LogP contribution in [0.15, 0.2) is 24.3 Å². The summed E-state index contributed by atoms with van der Waals surface area (Å²) in [5.41, 5.74) is 0.938. The number of nitrogens with zero attached hydrogens (tertiary/aromatic N) is 1. The van der Waals surface area contributed by atoms with Gasteiger partial charge in [-0.3, -0.25) is 0 Å². The van der Waals surface area contributed by atoms with Crippen molar-refractivity contribution in [3.63, 3.8) is 0 Å². The number of rotatable bonds is 4. The minimum atomic E-state index is -2.75. The first-order chi connectivity index (χ1) is 7.49. The Bertz CT molecular complexity index is 383. The molecule has 0 aliphatic rings. The fraction of sp³-hybridized carbons (Fsp3) is 0.300. The van der Waals surface area contributed by atoms with E-state index in [-0.39, 0.29) is 5.54 Å². The molecule has 0 fully saturated rings. The molecule has 0 aliphatic heterocycles. The summed E-state index contributed by atoms with van der Waals surface area (Å²) in [6.45, 7) is 1.99. The van der Waals surface area contributed by atoms with Gasteiger partial charge in [0.25, 0.3) is 6.26 Å². The molecule has 0 amide bonds. The molecule has 0 N–H and O–H groups in total. The van der Waals surface area contributed by atoms with Gasteiger partial charge in [-0.25, -0.2) is 0 Å². The van der Waals surface area contributed by atoms with Crippen molar-refractivity contribution in [1.29, 1.82) is 5.26 Å². The van der Waals surface area contributed by atoms with E-state index in [4.69, 9.17) is 38.5 Å². The Morgan fingerprint density at radius 3 is 2.25 bits per heavy atom. The molecular weight excluding hydrogens is 285 g/mol. The third-order valence-corrected chi connectivity index (χ3v) is 6.15. The Kier molecular flexibility index (Phi) is 4.94. The summed E-state index contributed by atoms with van der Waals surface area (Å²) in [4.78, 5) is 0. The quantitative estimate of drug-likeness (QED) is 0.473. The van der Waals surface area contributed by atoms with Crippen LogP contribution in [0.25, 0.3) is 0 Å². The van der Waals surface area contributed by atoms with E-state index < -0.39 is 6.00 Å². The molecule has 1 rings (SSSR count). The number of hydrogen-bond acceptors (Lipinski definition) is 2. The van der Waals surface area contributed by atoms with Crippen molar-refractivity contribution in [3.8, 4) is 12.0 Å². The van der Waals surface area contributed by atoms with Gasteiger partial charge in [0, 0.05) is 5.54 Å². The van der Waals surface area contributed by atoms with E-state index in [1.165, 1.54) is 0 Å². The maximum atomic E-state index is 8.34. The van der Waals surface area contributed by atoms with Gasteiger partial charge < -0.3 is 4.74 Å². The third kappa shape index (κ3) is 3.57. The normalized spacial score (nSPS) is 12.9. The molecule has 0 aromatic heterocycles. The van der Waals surface area contributed by atoms with E-state index >= 15 is 0 Å². The number of benzene rings is 1. The fourth-order valence-electron chi connectivity index (χ4n) is 1.48. The fourth-order valence-corrected chi connectivity index (χ4v) is 5.03. The summed E-state index contributed by atoms with van der Waals surface area (Å²) in [5, 5.41) is 8.34. The average molecular weight is 295 g/mol. The summed E-state index contributed by atoms with van der Waals surface area (Å²) < 4.78 is 4.68. The lowest BCUT2D eigenvalue weighted by molar-refractivity contribution is 0.507. The summed E-state index contributed by atoms with van der Waals surface area (Å²) in [6, 6.07) is 4.31. The number of hydrogen-bond donors (Lipinski definition) is 0. The Balaban J connectivity index is 2.92. The molecule has 16 heavy (non-hydrogen) atoms. The van der Waals surface area contributed by atoms with Crippen LogP contribution in [-0.4, -0.2) is 6.00 Å². The van der Waals surface area contributed by atoms with Gasteiger partial charge in [-0.05, 0) is 24.1 Å². The first kappa shape index (κ1) is 13.7. The lowest BCUT2D eigenvalue weighted by Gasteiger charge is -2.20. The minimum absolute atomic E-state index is 0.0337. The van der Waals surface area contributed by atoms with Crippen molar-refractivity contribution in [3.05, 3.63) is 29.8 Å². The van der Waals surface area contributed by atoms with Crippen molar-refractivity contribution in [2.24, 2.45) is 0 Å². The highest BCUT2D eigenvalue weighted by Crippen LogP contribution is 2.39. The highest BCUT2D eigenvalue weighted by Gasteiger charge is 2.36. The largest absolute Gasteiger partial charge is 0.388 e. The Morgan fingerprint density at radius 2 is 1.88 bits per heavy atom. The molecule has 1 atom stereocenters. The third-order valence-electron chi connectivity index (χ3n) is 2.25. The van der Waals surface area contributed by atoms with Gasteiger partial charge in [-0.2, -0.15) is 0 Å². The first-order valence-electron chi connectivity index (χ1n) is 4.71. The summed E-state index contributed by atoms with van der Waals surface area (Å²) >= 11 is 18.1. The Morgan fingerprint density at radius 1 is 1.31 bits per heavy atom.